The van der Waals surface area contributed by atoms with E-state index in [4.69, 9.17) is 4.52 Å². The third-order valence-corrected chi connectivity index (χ3v) is 5.44. The van der Waals surface area contributed by atoms with Crippen molar-refractivity contribution in [3.63, 3.8) is 0 Å². The molecule has 0 aliphatic heterocycles. The lowest BCUT2D eigenvalue weighted by molar-refractivity contribution is 0.0696. The van der Waals surface area contributed by atoms with E-state index in [1.54, 1.807) is 6.92 Å². The summed E-state index contributed by atoms with van der Waals surface area (Å²) >= 11 is 0. The molecule has 0 atom stereocenters. The molecule has 3 aromatic rings. The number of carboxylic acids is 1. The Kier molecular flexibility index (Phi) is 4.59. The molecule has 5 nitrogen and oxygen atoms in total. The highest BCUT2D eigenvalue weighted by atomic mass is 19.1. The zero-order valence-electron chi connectivity index (χ0n) is 16.2. The molecule has 0 fully saturated rings. The minimum atomic E-state index is -1.02. The fourth-order valence-corrected chi connectivity index (χ4v) is 3.23. The third-order valence-electron chi connectivity index (χ3n) is 5.44. The van der Waals surface area contributed by atoms with Gasteiger partial charge in [-0.15, -0.1) is 0 Å². The van der Waals surface area contributed by atoms with Crippen molar-refractivity contribution in [3.8, 4) is 22.8 Å². The van der Waals surface area contributed by atoms with Crippen LogP contribution in [0.5, 0.6) is 0 Å². The number of nitrogens with zero attached hydrogens (tertiary/aromatic N) is 2. The molecule has 0 amide bonds. The molecule has 0 aliphatic rings. The van der Waals surface area contributed by atoms with Crippen molar-refractivity contribution >= 4 is 5.97 Å². The van der Waals surface area contributed by atoms with Crippen LogP contribution in [0.1, 0.15) is 43.7 Å². The zero-order valence-corrected chi connectivity index (χ0v) is 16.2. The molecule has 140 valence electrons. The number of aromatic nitrogens is 2. The lowest BCUT2D eigenvalue weighted by Gasteiger charge is -2.12. The van der Waals surface area contributed by atoms with Crippen LogP contribution >= 0.6 is 0 Å². The molecule has 0 saturated carbocycles. The van der Waals surface area contributed by atoms with Gasteiger partial charge in [-0.1, -0.05) is 5.16 Å². The molecule has 2 aromatic carbocycles. The Balaban J connectivity index is 2.19. The number of carbonyl (C=O) groups is 1. The summed E-state index contributed by atoms with van der Waals surface area (Å²) in [5.41, 5.74) is 5.99. The molecule has 0 bridgehead atoms. The van der Waals surface area contributed by atoms with Gasteiger partial charge in [0.15, 0.2) is 0 Å². The second-order valence-corrected chi connectivity index (χ2v) is 6.88. The highest BCUT2D eigenvalue weighted by Crippen LogP contribution is 2.33. The Labute approximate surface area is 156 Å². The zero-order chi connectivity index (χ0) is 20.0. The van der Waals surface area contributed by atoms with Crippen LogP contribution in [0.2, 0.25) is 0 Å². The second-order valence-electron chi connectivity index (χ2n) is 6.88. The number of aromatic carboxylic acids is 1. The number of hydrogen-bond donors (Lipinski definition) is 1. The van der Waals surface area contributed by atoms with Gasteiger partial charge in [-0.25, -0.2) is 9.18 Å². The van der Waals surface area contributed by atoms with Gasteiger partial charge in [0.25, 0.3) is 5.89 Å². The normalized spacial score (nSPS) is 11.1. The summed E-state index contributed by atoms with van der Waals surface area (Å²) in [4.78, 5) is 15.9. The van der Waals surface area contributed by atoms with Crippen molar-refractivity contribution in [1.82, 2.24) is 10.1 Å². The van der Waals surface area contributed by atoms with Crippen molar-refractivity contribution in [2.75, 3.05) is 0 Å². The van der Waals surface area contributed by atoms with Crippen LogP contribution in [0.3, 0.4) is 0 Å². The van der Waals surface area contributed by atoms with Crippen LogP contribution < -0.4 is 0 Å². The highest BCUT2D eigenvalue weighted by Gasteiger charge is 2.22. The summed E-state index contributed by atoms with van der Waals surface area (Å²) in [6, 6.07) is 2.99. The maximum atomic E-state index is 14.5. The fourth-order valence-electron chi connectivity index (χ4n) is 3.23. The third kappa shape index (κ3) is 3.01. The van der Waals surface area contributed by atoms with Crippen LogP contribution in [0.4, 0.5) is 4.39 Å². The number of rotatable bonds is 3. The van der Waals surface area contributed by atoms with Crippen molar-refractivity contribution in [2.45, 2.75) is 41.5 Å². The summed E-state index contributed by atoms with van der Waals surface area (Å²) in [6.45, 7) is 11.1. The second kappa shape index (κ2) is 6.61. The SMILES string of the molecule is Cc1cc(F)c(-c2nc(-c3cc(C(=O)O)c(C)c(C)c3C)no2)c(C)c1C. The van der Waals surface area contributed by atoms with Crippen molar-refractivity contribution in [2.24, 2.45) is 0 Å². The largest absolute Gasteiger partial charge is 0.478 e. The molecular weight excluding hydrogens is 347 g/mol. The maximum absolute atomic E-state index is 14.5. The van der Waals surface area contributed by atoms with E-state index in [0.717, 1.165) is 27.8 Å². The van der Waals surface area contributed by atoms with Crippen LogP contribution in [0.15, 0.2) is 16.7 Å². The van der Waals surface area contributed by atoms with Gasteiger partial charge >= 0.3 is 5.97 Å². The van der Waals surface area contributed by atoms with E-state index in [1.165, 1.54) is 12.1 Å². The number of hydrogen-bond acceptors (Lipinski definition) is 4. The van der Waals surface area contributed by atoms with E-state index in [9.17, 15) is 14.3 Å². The van der Waals surface area contributed by atoms with Gasteiger partial charge in [-0.3, -0.25) is 0 Å². The van der Waals surface area contributed by atoms with Gasteiger partial charge in [0.2, 0.25) is 5.82 Å². The molecule has 0 saturated heterocycles. The smallest absolute Gasteiger partial charge is 0.335 e. The van der Waals surface area contributed by atoms with Gasteiger partial charge in [0, 0.05) is 5.56 Å². The van der Waals surface area contributed by atoms with Crippen molar-refractivity contribution < 1.29 is 18.8 Å². The Morgan fingerprint density at radius 2 is 1.63 bits per heavy atom. The number of aryl methyl sites for hydroxylation is 1. The molecule has 3 rings (SSSR count). The van der Waals surface area contributed by atoms with Crippen LogP contribution in [0, 0.1) is 47.4 Å². The van der Waals surface area contributed by atoms with Gasteiger partial charge in [-0.05, 0) is 87.1 Å². The molecule has 0 aliphatic carbocycles. The van der Waals surface area contributed by atoms with E-state index < -0.39 is 11.8 Å². The maximum Gasteiger partial charge on any atom is 0.335 e. The molecule has 27 heavy (non-hydrogen) atoms. The van der Waals surface area contributed by atoms with E-state index >= 15 is 0 Å². The summed E-state index contributed by atoms with van der Waals surface area (Å²) < 4.78 is 19.9. The fraction of sp³-hybridized carbons (Fsp3) is 0.286. The topological polar surface area (TPSA) is 76.2 Å². The molecule has 1 heterocycles. The van der Waals surface area contributed by atoms with E-state index in [0.29, 0.717) is 11.1 Å². The highest BCUT2D eigenvalue weighted by molar-refractivity contribution is 5.92. The molecule has 6 heteroatoms. The minimum absolute atomic E-state index is 0.0811. The lowest BCUT2D eigenvalue weighted by Crippen LogP contribution is -2.04. The Bertz CT molecular complexity index is 1080. The van der Waals surface area contributed by atoms with Crippen molar-refractivity contribution in [1.29, 1.82) is 0 Å². The summed E-state index contributed by atoms with van der Waals surface area (Å²) in [5, 5.41) is 13.4. The predicted octanol–water partition coefficient (Wildman–Crippen LogP) is 5.09. The van der Waals surface area contributed by atoms with E-state index in [2.05, 4.69) is 10.1 Å². The van der Waals surface area contributed by atoms with E-state index in [-0.39, 0.29) is 22.8 Å². The first-order valence-corrected chi connectivity index (χ1v) is 8.58. The lowest BCUT2D eigenvalue weighted by atomic mass is 9.93. The first-order valence-electron chi connectivity index (χ1n) is 8.58. The summed E-state index contributed by atoms with van der Waals surface area (Å²) in [5.74, 6) is -1.12. The van der Waals surface area contributed by atoms with Crippen LogP contribution in [-0.4, -0.2) is 21.2 Å². The van der Waals surface area contributed by atoms with Gasteiger partial charge in [0.1, 0.15) is 5.82 Å². The van der Waals surface area contributed by atoms with Crippen LogP contribution in [0.25, 0.3) is 22.8 Å². The molecule has 1 aromatic heterocycles. The predicted molar refractivity (Wildman–Crippen MR) is 101 cm³/mol. The van der Waals surface area contributed by atoms with Gasteiger partial charge in [0.05, 0.1) is 11.1 Å². The minimum Gasteiger partial charge on any atom is -0.478 e. The molecule has 0 radical (unpaired) electrons. The molecule has 0 unspecified atom stereocenters. The summed E-state index contributed by atoms with van der Waals surface area (Å²) in [7, 11) is 0. The number of halogens is 1. The first kappa shape index (κ1) is 18.8. The first-order chi connectivity index (χ1) is 12.6. The standard InChI is InChI=1S/C21H21FN2O3/c1-9-7-17(22)18(14(6)10(9)2)20-23-19(24-27-20)15-8-16(21(25)26)13(5)11(3)12(15)4/h7-8H,1-6H3,(H,25,26). The number of benzene rings is 2. The quantitative estimate of drug-likeness (QED) is 0.697. The van der Waals surface area contributed by atoms with Gasteiger partial charge in [-0.2, -0.15) is 4.98 Å². The van der Waals surface area contributed by atoms with Crippen molar-refractivity contribution in [3.05, 3.63) is 56.9 Å². The Morgan fingerprint density at radius 1 is 0.963 bits per heavy atom. The molecule has 1 N–H and O–H groups in total. The molecule has 0 spiro atoms. The number of carboxylic acid groups (broad SMARTS) is 1. The summed E-state index contributed by atoms with van der Waals surface area (Å²) in [6.07, 6.45) is 0. The average molecular weight is 368 g/mol. The molecular formula is C21H21FN2O3. The average Bonchev–Trinajstić information content (AvgIpc) is 3.07. The van der Waals surface area contributed by atoms with Gasteiger partial charge < -0.3 is 9.63 Å². The van der Waals surface area contributed by atoms with E-state index in [1.807, 2.05) is 34.6 Å². The van der Waals surface area contributed by atoms with Crippen LogP contribution in [-0.2, 0) is 0 Å². The Hall–Kier alpha value is -3.02. The Morgan fingerprint density at radius 3 is 2.26 bits per heavy atom. The monoisotopic (exact) mass is 368 g/mol.